The molecular formula is C74H66ClF6N21O4. The molecule has 6 aromatic carbocycles. The van der Waals surface area contributed by atoms with E-state index < -0.39 is 35.2 Å². The van der Waals surface area contributed by atoms with E-state index in [1.54, 1.807) is 153 Å². The number of nitrogens with zero attached hydrogens (tertiary/aromatic N) is 18. The highest BCUT2D eigenvalue weighted by Gasteiger charge is 2.38. The van der Waals surface area contributed by atoms with Crippen LogP contribution in [0.25, 0.3) is 67.5 Å². The number of methoxy groups -OCH3 is 1. The predicted molar refractivity (Wildman–Crippen MR) is 392 cm³/mol. The van der Waals surface area contributed by atoms with Gasteiger partial charge in [-0.05, 0) is 130 Å². The van der Waals surface area contributed by atoms with E-state index in [0.717, 1.165) is 17.8 Å². The van der Waals surface area contributed by atoms with Crippen LogP contribution in [-0.2, 0) is 25.8 Å². The number of halogens is 7. The summed E-state index contributed by atoms with van der Waals surface area (Å²) in [6, 6.07) is 37.1. The van der Waals surface area contributed by atoms with Crippen LogP contribution in [0, 0.1) is 17.5 Å². The molecule has 106 heavy (non-hydrogen) atoms. The molecule has 6 N–H and O–H groups in total. The molecule has 0 bridgehead atoms. The number of alkyl halides is 3. The van der Waals surface area contributed by atoms with E-state index in [0.29, 0.717) is 130 Å². The summed E-state index contributed by atoms with van der Waals surface area (Å²) in [6.45, 7) is 9.41. The Morgan fingerprint density at radius 2 is 0.717 bits per heavy atom. The Morgan fingerprint density at radius 1 is 0.415 bits per heavy atom. The van der Waals surface area contributed by atoms with Crippen LogP contribution >= 0.6 is 11.6 Å². The van der Waals surface area contributed by atoms with E-state index in [1.165, 1.54) is 56.4 Å². The van der Waals surface area contributed by atoms with Gasteiger partial charge in [0.25, 0.3) is 0 Å². The third-order valence-electron chi connectivity index (χ3n) is 17.7. The Kier molecular flexibility index (Phi) is 20.3. The lowest BCUT2D eigenvalue weighted by atomic mass is 10.0. The first-order valence-corrected chi connectivity index (χ1v) is 33.7. The Hall–Kier alpha value is -12.9. The highest BCUT2D eigenvalue weighted by molar-refractivity contribution is 6.30. The van der Waals surface area contributed by atoms with Gasteiger partial charge in [-0.15, -0.1) is 0 Å². The molecule has 12 aromatic rings. The lowest BCUT2D eigenvalue weighted by Gasteiger charge is -2.20. The number of nitrogen functional groups attached to an aromatic ring is 3. The van der Waals surface area contributed by atoms with Crippen molar-refractivity contribution in [3.63, 3.8) is 0 Å². The molecule has 0 saturated carbocycles. The smallest absolute Gasteiger partial charge is 0.416 e. The number of carbonyl (C=O) groups excluding carboxylic acids is 3. The minimum Gasteiger partial charge on any atom is -0.497 e. The molecule has 0 radical (unpaired) electrons. The molecule has 0 spiro atoms. The fourth-order valence-corrected chi connectivity index (χ4v) is 12.6. The molecule has 6 amide bonds. The molecule has 3 aliphatic heterocycles. The second-order valence-corrected chi connectivity index (χ2v) is 24.5. The van der Waals surface area contributed by atoms with E-state index in [9.17, 15) is 27.6 Å². The maximum Gasteiger partial charge on any atom is 0.416 e. The van der Waals surface area contributed by atoms with Crippen LogP contribution in [0.2, 0.25) is 5.02 Å². The van der Waals surface area contributed by atoms with Gasteiger partial charge >= 0.3 is 24.3 Å². The number of nitrogens with two attached hydrogens (primary N) is 3. The van der Waals surface area contributed by atoms with Gasteiger partial charge in [0.1, 0.15) is 22.8 Å². The zero-order valence-electron chi connectivity index (χ0n) is 57.2. The Labute approximate surface area is 607 Å². The molecule has 3 saturated heterocycles. The Morgan fingerprint density at radius 3 is 1.01 bits per heavy atom. The van der Waals surface area contributed by atoms with Crippen molar-refractivity contribution in [1.82, 2.24) is 59.2 Å². The Bertz CT molecular complexity index is 5250. The van der Waals surface area contributed by atoms with Gasteiger partial charge < -0.3 is 21.9 Å². The molecule has 15 rings (SSSR count). The van der Waals surface area contributed by atoms with Crippen LogP contribution in [0.15, 0.2) is 183 Å². The zero-order valence-corrected chi connectivity index (χ0v) is 58.0. The molecule has 0 unspecified atom stereocenters. The minimum absolute atomic E-state index is 0.0503. The van der Waals surface area contributed by atoms with Gasteiger partial charge in [-0.3, -0.25) is 43.4 Å². The number of benzene rings is 6. The summed E-state index contributed by atoms with van der Waals surface area (Å²) in [7, 11) is 1.59. The highest BCUT2D eigenvalue weighted by atomic mass is 35.5. The second-order valence-electron chi connectivity index (χ2n) is 24.0. The summed E-state index contributed by atoms with van der Waals surface area (Å²) < 4.78 is 96.8. The average Bonchev–Trinajstić information content (AvgIpc) is 1.61. The quantitative estimate of drug-likeness (QED) is 0.0758. The van der Waals surface area contributed by atoms with Crippen molar-refractivity contribution in [3.8, 4) is 73.3 Å². The van der Waals surface area contributed by atoms with E-state index in [4.69, 9.17) is 33.5 Å². The monoisotopic (exact) mass is 1460 g/mol. The summed E-state index contributed by atoms with van der Waals surface area (Å²) in [4.78, 5) is 72.8. The number of hydrogen-bond acceptors (Lipinski definition) is 16. The van der Waals surface area contributed by atoms with Crippen molar-refractivity contribution in [2.24, 2.45) is 0 Å². The number of carbonyl (C=O) groups is 3. The first kappa shape index (κ1) is 71.5. The van der Waals surface area contributed by atoms with Gasteiger partial charge in [0.05, 0.1) is 46.8 Å². The number of anilines is 9. The molecular weight excluding hydrogens is 1400 g/mol. The molecule has 32 heteroatoms. The maximum atomic E-state index is 16.0. The van der Waals surface area contributed by atoms with Gasteiger partial charge in [0.2, 0.25) is 17.8 Å². The normalized spacial score (nSPS) is 13.7. The summed E-state index contributed by atoms with van der Waals surface area (Å²) in [5.74, 6) is -0.684. The van der Waals surface area contributed by atoms with Crippen molar-refractivity contribution in [2.75, 3.05) is 93.0 Å². The van der Waals surface area contributed by atoms with E-state index >= 15 is 13.2 Å². The number of hydrogen-bond donors (Lipinski definition) is 3. The van der Waals surface area contributed by atoms with Gasteiger partial charge in [-0.1, -0.05) is 48.0 Å². The van der Waals surface area contributed by atoms with Gasteiger partial charge in [0, 0.05) is 152 Å². The lowest BCUT2D eigenvalue weighted by Crippen LogP contribution is -2.32. The molecule has 0 atom stereocenters. The van der Waals surface area contributed by atoms with E-state index in [1.807, 2.05) is 32.9 Å². The Balaban J connectivity index is 0.000000141. The second kappa shape index (κ2) is 30.2. The predicted octanol–water partition coefficient (Wildman–Crippen LogP) is 14.3. The van der Waals surface area contributed by atoms with Crippen molar-refractivity contribution in [2.45, 2.75) is 46.6 Å². The van der Waals surface area contributed by atoms with Gasteiger partial charge in [-0.25, -0.2) is 57.5 Å². The number of urea groups is 3. The average molecular weight is 1460 g/mol. The molecule has 6 aromatic heterocycles. The molecule has 3 fully saturated rings. The van der Waals surface area contributed by atoms with E-state index in [-0.39, 0.29) is 65.6 Å². The van der Waals surface area contributed by atoms with E-state index in [2.05, 4.69) is 45.2 Å². The van der Waals surface area contributed by atoms with Crippen molar-refractivity contribution >= 4 is 81.7 Å². The third kappa shape index (κ3) is 14.5. The molecule has 25 nitrogen and oxygen atoms in total. The highest BCUT2D eigenvalue weighted by Crippen LogP contribution is 2.42. The minimum atomic E-state index is -4.48. The van der Waals surface area contributed by atoms with Crippen LogP contribution in [0.1, 0.15) is 26.3 Å². The van der Waals surface area contributed by atoms with Crippen LogP contribution in [0.5, 0.6) is 5.75 Å². The summed E-state index contributed by atoms with van der Waals surface area (Å²) >= 11 is 5.97. The van der Waals surface area contributed by atoms with Crippen LogP contribution in [-0.4, -0.2) is 124 Å². The molecule has 9 heterocycles. The van der Waals surface area contributed by atoms with Crippen LogP contribution < -0.4 is 51.3 Å². The number of rotatable bonds is 16. The summed E-state index contributed by atoms with van der Waals surface area (Å²) in [5.41, 5.74) is 23.9. The van der Waals surface area contributed by atoms with Crippen molar-refractivity contribution < 1.29 is 45.5 Å². The molecule has 540 valence electrons. The number of amides is 6. The lowest BCUT2D eigenvalue weighted by molar-refractivity contribution is -0.137. The van der Waals surface area contributed by atoms with Gasteiger partial charge in [0.15, 0.2) is 17.5 Å². The topological polar surface area (TPSA) is 289 Å². The fraction of sp³-hybridized carbons (Fsp3) is 0.189. The molecule has 3 aliphatic rings. The SMILES string of the molecule is CCn1cc(-c2cccc(N3CCN(c4ccc(C(F)(F)F)cc4)C3=O)c2F)c(-c2ccnc(N)n2)n1.CCn1cc(-c2cccc(N3CCN(c4ccc(Cl)cc4)C3=O)c2F)c(-c2ccnc(N)n2)n1.CCn1cc(-c2cccc(N3CCN(c4ccc(OC)cc4)C3=O)c2F)c(-c2ccnc(N)n2)n1. The standard InChI is InChI=1S/C25H21F4N7O.C25H24FN7O2.C24H21ClFN7O/c1-2-34-14-18(22(33-34)19-10-11-31-23(30)32-19)17-4-3-5-20(21(17)26)36-13-12-35(24(36)37)16-8-6-15(7-9-16)25(27,28)29;1-3-31-15-19(23(30-31)20-11-12-28-24(27)29-20)18-5-4-6-21(22(18)26)33-14-13-32(25(33)34)16-7-9-17(35-2)10-8-16;1-2-31-14-18(22(30-31)19-10-11-28-23(27)29-19)17-4-3-5-20(21(17)26)33-13-12-32(24(33)34)16-8-6-15(25)7-9-16/h3-11,14H,2,12-13H2,1H3,(H2,30,31,32);4-12,15H,3,13-14H2,1-2H3,(H2,27,28,29);3-11,14H,2,12-13H2,1H3,(H2,27,28,29). The zero-order chi connectivity index (χ0) is 74.7. The summed E-state index contributed by atoms with van der Waals surface area (Å²) in [6.07, 6.45) is 5.30. The number of ether oxygens (including phenoxy) is 1. The van der Waals surface area contributed by atoms with Gasteiger partial charge in [-0.2, -0.15) is 28.5 Å². The fourth-order valence-electron chi connectivity index (χ4n) is 12.4. The third-order valence-corrected chi connectivity index (χ3v) is 18.0. The van der Waals surface area contributed by atoms with Crippen molar-refractivity contribution in [1.29, 1.82) is 0 Å². The maximum absolute atomic E-state index is 16.0. The molecule has 0 aliphatic carbocycles. The first-order chi connectivity index (χ1) is 51.1. The van der Waals surface area contributed by atoms with Crippen LogP contribution in [0.3, 0.4) is 0 Å². The largest absolute Gasteiger partial charge is 0.497 e. The van der Waals surface area contributed by atoms with Crippen LogP contribution in [0.4, 0.5) is 92.7 Å². The summed E-state index contributed by atoms with van der Waals surface area (Å²) in [5, 5.41) is 14.2. The number of aryl methyl sites for hydroxylation is 3. The number of aromatic nitrogens is 12. The first-order valence-electron chi connectivity index (χ1n) is 33.3. The van der Waals surface area contributed by atoms with Crippen molar-refractivity contribution in [3.05, 3.63) is 211 Å².